The van der Waals surface area contributed by atoms with Crippen LogP contribution in [0.3, 0.4) is 0 Å². The van der Waals surface area contributed by atoms with Gasteiger partial charge in [0, 0.05) is 30.1 Å². The lowest BCUT2D eigenvalue weighted by atomic mass is 9.64. The Labute approximate surface area is 130 Å². The minimum Gasteiger partial charge on any atom is -0.377 e. The Balaban J connectivity index is 2.44. The predicted octanol–water partition coefficient (Wildman–Crippen LogP) is 1.74. The zero-order chi connectivity index (χ0) is 16.5. The molecule has 0 spiro atoms. The second-order valence-corrected chi connectivity index (χ2v) is 9.71. The zero-order valence-electron chi connectivity index (χ0n) is 14.5. The van der Waals surface area contributed by atoms with E-state index in [9.17, 15) is 8.42 Å². The normalized spacial score (nSPS) is 25.9. The second kappa shape index (κ2) is 6.52. The summed E-state index contributed by atoms with van der Waals surface area (Å²) in [5.74, 6) is 0.547. The van der Waals surface area contributed by atoms with Gasteiger partial charge in [0.2, 0.25) is 10.0 Å². The minimum absolute atomic E-state index is 0.0794. The van der Waals surface area contributed by atoms with Crippen molar-refractivity contribution in [3.8, 4) is 0 Å². The zero-order valence-corrected chi connectivity index (χ0v) is 15.3. The molecule has 0 aliphatic heterocycles. The smallest absolute Gasteiger partial charge is 0.209 e. The Morgan fingerprint density at radius 1 is 1.33 bits per heavy atom. The van der Waals surface area contributed by atoms with E-state index in [0.717, 1.165) is 13.0 Å². The fraction of sp³-hybridized carbons (Fsp3) is 1.00. The van der Waals surface area contributed by atoms with Gasteiger partial charge in [0.05, 0.1) is 12.4 Å². The molecule has 0 aromatic heterocycles. The van der Waals surface area contributed by atoms with E-state index in [4.69, 9.17) is 4.74 Å². The van der Waals surface area contributed by atoms with Crippen LogP contribution in [0.15, 0.2) is 0 Å². The molecule has 2 atom stereocenters. The van der Waals surface area contributed by atoms with Crippen LogP contribution in [-0.2, 0) is 14.8 Å². The monoisotopic (exact) mass is 320 g/mol. The summed E-state index contributed by atoms with van der Waals surface area (Å²) in [7, 11) is -3.19. The van der Waals surface area contributed by atoms with Crippen molar-refractivity contribution in [2.45, 2.75) is 65.6 Å². The SMILES string of the molecule is CC(C)COC1CC(NCC(C)(C)NS(C)(=O)=O)C1(C)C. The van der Waals surface area contributed by atoms with Crippen molar-refractivity contribution in [2.75, 3.05) is 19.4 Å². The lowest BCUT2D eigenvalue weighted by molar-refractivity contribution is -0.124. The maximum atomic E-state index is 11.3. The third-order valence-corrected chi connectivity index (χ3v) is 4.98. The number of hydrogen-bond acceptors (Lipinski definition) is 4. The molecule has 1 saturated carbocycles. The quantitative estimate of drug-likeness (QED) is 0.715. The summed E-state index contributed by atoms with van der Waals surface area (Å²) >= 11 is 0. The molecule has 6 heteroatoms. The Bertz CT molecular complexity index is 444. The van der Waals surface area contributed by atoms with E-state index in [1.807, 2.05) is 13.8 Å². The fourth-order valence-corrected chi connectivity index (χ4v) is 3.82. The molecule has 1 aliphatic rings. The van der Waals surface area contributed by atoms with E-state index >= 15 is 0 Å². The van der Waals surface area contributed by atoms with E-state index < -0.39 is 15.6 Å². The van der Waals surface area contributed by atoms with Gasteiger partial charge < -0.3 is 10.1 Å². The third-order valence-electron chi connectivity index (χ3n) is 4.06. The fourth-order valence-electron chi connectivity index (χ4n) is 2.74. The minimum atomic E-state index is -3.19. The lowest BCUT2D eigenvalue weighted by Gasteiger charge is -2.52. The van der Waals surface area contributed by atoms with Crippen LogP contribution in [-0.4, -0.2) is 45.5 Å². The van der Waals surface area contributed by atoms with Crippen molar-refractivity contribution >= 4 is 10.0 Å². The maximum absolute atomic E-state index is 11.3. The summed E-state index contributed by atoms with van der Waals surface area (Å²) in [5, 5.41) is 3.48. The van der Waals surface area contributed by atoms with Gasteiger partial charge in [0.15, 0.2) is 0 Å². The molecule has 5 nitrogen and oxygen atoms in total. The number of ether oxygens (including phenoxy) is 1. The van der Waals surface area contributed by atoms with Crippen molar-refractivity contribution in [1.82, 2.24) is 10.0 Å². The molecule has 2 unspecified atom stereocenters. The molecule has 1 rings (SSSR count). The first-order valence-corrected chi connectivity index (χ1v) is 9.56. The number of sulfonamides is 1. The van der Waals surface area contributed by atoms with Crippen LogP contribution in [0.4, 0.5) is 0 Å². The second-order valence-electron chi connectivity index (χ2n) is 7.96. The molecule has 0 aromatic rings. The predicted molar refractivity (Wildman–Crippen MR) is 86.8 cm³/mol. The number of nitrogens with one attached hydrogen (secondary N) is 2. The first kappa shape index (κ1) is 18.9. The first-order chi connectivity index (χ1) is 9.33. The van der Waals surface area contributed by atoms with Gasteiger partial charge in [-0.05, 0) is 26.2 Å². The summed E-state index contributed by atoms with van der Waals surface area (Å²) < 4.78 is 31.3. The van der Waals surface area contributed by atoms with E-state index in [1.54, 1.807) is 0 Å². The summed E-state index contributed by atoms with van der Waals surface area (Å²) in [4.78, 5) is 0. The third kappa shape index (κ3) is 5.85. The summed E-state index contributed by atoms with van der Waals surface area (Å²) in [6.07, 6.45) is 2.45. The van der Waals surface area contributed by atoms with Crippen LogP contribution in [0.25, 0.3) is 0 Å². The molecule has 21 heavy (non-hydrogen) atoms. The van der Waals surface area contributed by atoms with E-state index in [0.29, 0.717) is 18.5 Å². The molecule has 0 saturated heterocycles. The molecule has 1 fully saturated rings. The Morgan fingerprint density at radius 3 is 2.33 bits per heavy atom. The number of hydrogen-bond donors (Lipinski definition) is 2. The van der Waals surface area contributed by atoms with Crippen molar-refractivity contribution in [3.63, 3.8) is 0 Å². The standard InChI is InChI=1S/C15H32N2O3S/c1-11(2)9-20-13-8-12(15(13,5)6)16-10-14(3,4)17-21(7,18)19/h11-13,16-17H,8-10H2,1-7H3. The molecule has 0 heterocycles. The molecule has 0 aromatic carbocycles. The van der Waals surface area contributed by atoms with Crippen LogP contribution in [0.1, 0.15) is 48.0 Å². The summed E-state index contributed by atoms with van der Waals surface area (Å²) in [6, 6.07) is 0.357. The largest absolute Gasteiger partial charge is 0.377 e. The van der Waals surface area contributed by atoms with E-state index in [2.05, 4.69) is 37.7 Å². The highest BCUT2D eigenvalue weighted by Gasteiger charge is 2.49. The molecule has 0 bridgehead atoms. The van der Waals surface area contributed by atoms with Crippen LogP contribution >= 0.6 is 0 Å². The van der Waals surface area contributed by atoms with Crippen LogP contribution in [0.2, 0.25) is 0 Å². The molecule has 0 amide bonds. The van der Waals surface area contributed by atoms with Crippen molar-refractivity contribution in [2.24, 2.45) is 11.3 Å². The van der Waals surface area contributed by atoms with Gasteiger partial charge >= 0.3 is 0 Å². The van der Waals surface area contributed by atoms with Crippen molar-refractivity contribution < 1.29 is 13.2 Å². The van der Waals surface area contributed by atoms with Gasteiger partial charge in [-0.3, -0.25) is 0 Å². The Kier molecular flexibility index (Phi) is 5.86. The number of rotatable bonds is 8. The van der Waals surface area contributed by atoms with Gasteiger partial charge in [0.25, 0.3) is 0 Å². The topological polar surface area (TPSA) is 67.4 Å². The average Bonchev–Trinajstić information content (AvgIpc) is 2.22. The Morgan fingerprint density at radius 2 is 1.90 bits per heavy atom. The van der Waals surface area contributed by atoms with Gasteiger partial charge in [-0.1, -0.05) is 27.7 Å². The van der Waals surface area contributed by atoms with Gasteiger partial charge in [-0.2, -0.15) is 0 Å². The highest BCUT2D eigenvalue weighted by molar-refractivity contribution is 7.88. The van der Waals surface area contributed by atoms with Crippen LogP contribution in [0.5, 0.6) is 0 Å². The first-order valence-electron chi connectivity index (χ1n) is 7.67. The maximum Gasteiger partial charge on any atom is 0.209 e. The van der Waals surface area contributed by atoms with Crippen molar-refractivity contribution in [1.29, 1.82) is 0 Å². The molecular formula is C15H32N2O3S. The lowest BCUT2D eigenvalue weighted by Crippen LogP contribution is -2.64. The summed E-state index contributed by atoms with van der Waals surface area (Å²) in [5.41, 5.74) is -0.413. The molecule has 1 aliphatic carbocycles. The van der Waals surface area contributed by atoms with Crippen LogP contribution < -0.4 is 10.0 Å². The molecular weight excluding hydrogens is 288 g/mol. The average molecular weight is 320 g/mol. The van der Waals surface area contributed by atoms with E-state index in [1.165, 1.54) is 6.26 Å². The molecule has 0 radical (unpaired) electrons. The van der Waals surface area contributed by atoms with Gasteiger partial charge in [-0.15, -0.1) is 0 Å². The highest BCUT2D eigenvalue weighted by atomic mass is 32.2. The molecule has 2 N–H and O–H groups in total. The molecule has 126 valence electrons. The Hall–Kier alpha value is -0.170. The summed E-state index contributed by atoms with van der Waals surface area (Å²) in [6.45, 7) is 13.9. The van der Waals surface area contributed by atoms with Crippen LogP contribution in [0, 0.1) is 11.3 Å². The van der Waals surface area contributed by atoms with Crippen molar-refractivity contribution in [3.05, 3.63) is 0 Å². The highest BCUT2D eigenvalue weighted by Crippen LogP contribution is 2.43. The van der Waals surface area contributed by atoms with Gasteiger partial charge in [-0.25, -0.2) is 13.1 Å². The van der Waals surface area contributed by atoms with E-state index in [-0.39, 0.29) is 11.5 Å². The van der Waals surface area contributed by atoms with Gasteiger partial charge in [0.1, 0.15) is 0 Å².